The van der Waals surface area contributed by atoms with Crippen LogP contribution in [0.5, 0.6) is 0 Å². The van der Waals surface area contributed by atoms with Gasteiger partial charge in [0.05, 0.1) is 10.6 Å². The van der Waals surface area contributed by atoms with Crippen molar-refractivity contribution in [1.29, 1.82) is 0 Å². The van der Waals surface area contributed by atoms with Gasteiger partial charge in [-0.15, -0.1) is 12.4 Å². The van der Waals surface area contributed by atoms with Gasteiger partial charge in [-0.05, 0) is 50.1 Å². The molecule has 0 spiro atoms. The number of nitrogen functional groups attached to an aromatic ring is 1. The third-order valence-electron chi connectivity index (χ3n) is 4.21. The van der Waals surface area contributed by atoms with Crippen LogP contribution >= 0.6 is 24.0 Å². The first kappa shape index (κ1) is 22.8. The molecule has 0 fully saturated rings. The number of halogens is 2. The molecule has 0 aliphatic carbocycles. The number of para-hydroxylation sites is 1. The molecule has 5 nitrogen and oxygen atoms in total. The summed E-state index contributed by atoms with van der Waals surface area (Å²) in [5.41, 5.74) is 8.52. The van der Waals surface area contributed by atoms with Gasteiger partial charge in [-0.1, -0.05) is 29.8 Å². The summed E-state index contributed by atoms with van der Waals surface area (Å²) >= 11 is 6.24. The number of nitrogens with zero attached hydrogens (tertiary/aromatic N) is 1. The lowest BCUT2D eigenvalue weighted by molar-refractivity contribution is -0.116. The van der Waals surface area contributed by atoms with E-state index in [1.54, 1.807) is 23.1 Å². The molecular weight excluding hydrogens is 385 g/mol. The van der Waals surface area contributed by atoms with Gasteiger partial charge >= 0.3 is 0 Å². The van der Waals surface area contributed by atoms with Crippen LogP contribution in [0.4, 0.5) is 11.4 Å². The smallest absolute Gasteiger partial charge is 0.255 e. The second-order valence-electron chi connectivity index (χ2n) is 5.92. The van der Waals surface area contributed by atoms with E-state index >= 15 is 0 Å². The molecule has 0 saturated carbocycles. The molecule has 0 aromatic heterocycles. The first-order valence-corrected chi connectivity index (χ1v) is 9.06. The van der Waals surface area contributed by atoms with Crippen LogP contribution in [0.25, 0.3) is 0 Å². The minimum Gasteiger partial charge on any atom is -0.399 e. The summed E-state index contributed by atoms with van der Waals surface area (Å²) in [5, 5.41) is 3.13. The van der Waals surface area contributed by atoms with Crippen molar-refractivity contribution >= 4 is 47.2 Å². The molecule has 0 aliphatic rings. The van der Waals surface area contributed by atoms with Crippen molar-refractivity contribution in [3.63, 3.8) is 0 Å². The molecule has 2 rings (SSSR count). The van der Waals surface area contributed by atoms with Crippen molar-refractivity contribution in [3.05, 3.63) is 58.6 Å². The van der Waals surface area contributed by atoms with E-state index in [4.69, 9.17) is 17.3 Å². The summed E-state index contributed by atoms with van der Waals surface area (Å²) in [5.74, 6) is -0.246. The van der Waals surface area contributed by atoms with Crippen LogP contribution in [0.1, 0.15) is 36.2 Å². The number of hydrogen-bond acceptors (Lipinski definition) is 3. The highest BCUT2D eigenvalue weighted by molar-refractivity contribution is 6.34. The number of carbonyl (C=O) groups is 2. The molecule has 0 heterocycles. The number of benzene rings is 2. The Kier molecular flexibility index (Phi) is 9.12. The number of nitrogens with one attached hydrogen (secondary N) is 1. The summed E-state index contributed by atoms with van der Waals surface area (Å²) < 4.78 is 0. The molecule has 0 atom stereocenters. The van der Waals surface area contributed by atoms with Gasteiger partial charge in [0.15, 0.2) is 0 Å². The summed E-state index contributed by atoms with van der Waals surface area (Å²) in [6, 6.07) is 12.4. The Morgan fingerprint density at radius 2 is 1.78 bits per heavy atom. The number of aryl methyl sites for hydroxylation is 1. The van der Waals surface area contributed by atoms with E-state index in [-0.39, 0.29) is 24.2 Å². The average molecular weight is 410 g/mol. The van der Waals surface area contributed by atoms with E-state index in [0.717, 1.165) is 5.56 Å². The zero-order valence-electron chi connectivity index (χ0n) is 15.5. The summed E-state index contributed by atoms with van der Waals surface area (Å²) in [4.78, 5) is 26.3. The molecule has 0 aliphatic heterocycles. The van der Waals surface area contributed by atoms with Crippen LogP contribution in [0, 0.1) is 0 Å². The monoisotopic (exact) mass is 409 g/mol. The standard InChI is InChI=1S/C20H24ClN3O2.ClH/c1-3-24(4-2)20(26)16-11-10-15(13-17(16)21)23-19(25)12-9-14-7-5-6-8-18(14)22;/h5-8,10-11,13H,3-4,9,12,22H2,1-2H3,(H,23,25);1H. The Morgan fingerprint density at radius 1 is 1.11 bits per heavy atom. The third-order valence-corrected chi connectivity index (χ3v) is 4.52. The van der Waals surface area contributed by atoms with Crippen LogP contribution < -0.4 is 11.1 Å². The maximum Gasteiger partial charge on any atom is 0.255 e. The van der Waals surface area contributed by atoms with E-state index in [2.05, 4.69) is 5.32 Å². The number of anilines is 2. The number of rotatable bonds is 7. The lowest BCUT2D eigenvalue weighted by Crippen LogP contribution is -2.30. The summed E-state index contributed by atoms with van der Waals surface area (Å²) in [7, 11) is 0. The van der Waals surface area contributed by atoms with Gasteiger partial charge in [0.1, 0.15) is 0 Å². The van der Waals surface area contributed by atoms with E-state index in [0.29, 0.717) is 47.9 Å². The van der Waals surface area contributed by atoms with Crippen LogP contribution in [-0.4, -0.2) is 29.8 Å². The fraction of sp³-hybridized carbons (Fsp3) is 0.300. The van der Waals surface area contributed by atoms with Crippen molar-refractivity contribution in [1.82, 2.24) is 4.90 Å². The Hall–Kier alpha value is -2.24. The maximum atomic E-state index is 12.4. The first-order chi connectivity index (χ1) is 12.5. The first-order valence-electron chi connectivity index (χ1n) is 8.68. The molecule has 2 aromatic rings. The summed E-state index contributed by atoms with van der Waals surface area (Å²) in [6.45, 7) is 5.08. The maximum absolute atomic E-state index is 12.4. The Balaban J connectivity index is 0.00000364. The molecule has 3 N–H and O–H groups in total. The van der Waals surface area contributed by atoms with E-state index < -0.39 is 0 Å². The Labute approximate surface area is 171 Å². The lowest BCUT2D eigenvalue weighted by Gasteiger charge is -2.19. The zero-order valence-corrected chi connectivity index (χ0v) is 17.1. The largest absolute Gasteiger partial charge is 0.399 e. The fourth-order valence-electron chi connectivity index (χ4n) is 2.68. The minimum absolute atomic E-state index is 0. The van der Waals surface area contributed by atoms with Gasteiger partial charge in [0, 0.05) is 30.9 Å². The van der Waals surface area contributed by atoms with Crippen molar-refractivity contribution in [2.24, 2.45) is 0 Å². The highest BCUT2D eigenvalue weighted by Crippen LogP contribution is 2.23. The molecule has 0 bridgehead atoms. The molecule has 0 saturated heterocycles. The molecule has 27 heavy (non-hydrogen) atoms. The normalized spacial score (nSPS) is 10.0. The molecule has 0 unspecified atom stereocenters. The Bertz CT molecular complexity index is 793. The third kappa shape index (κ3) is 6.15. The second-order valence-corrected chi connectivity index (χ2v) is 6.33. The molecule has 2 amide bonds. The average Bonchev–Trinajstić information content (AvgIpc) is 2.62. The fourth-order valence-corrected chi connectivity index (χ4v) is 2.94. The van der Waals surface area contributed by atoms with Gasteiger partial charge in [0.2, 0.25) is 5.91 Å². The molecule has 0 radical (unpaired) electrons. The van der Waals surface area contributed by atoms with Gasteiger partial charge in [-0.3, -0.25) is 9.59 Å². The SMILES string of the molecule is CCN(CC)C(=O)c1ccc(NC(=O)CCc2ccccc2N)cc1Cl.Cl. The lowest BCUT2D eigenvalue weighted by atomic mass is 10.1. The zero-order chi connectivity index (χ0) is 19.1. The number of amides is 2. The van der Waals surface area contributed by atoms with Gasteiger partial charge in [-0.25, -0.2) is 0 Å². The summed E-state index contributed by atoms with van der Waals surface area (Å²) in [6.07, 6.45) is 0.872. The Morgan fingerprint density at radius 3 is 2.37 bits per heavy atom. The predicted octanol–water partition coefficient (Wildman–Crippen LogP) is 4.40. The molecule has 146 valence electrons. The second kappa shape index (κ2) is 10.8. The minimum atomic E-state index is -0.132. The molecular formula is C20H25Cl2N3O2. The molecule has 7 heteroatoms. The van der Waals surface area contributed by atoms with Gasteiger partial charge in [-0.2, -0.15) is 0 Å². The molecule has 2 aromatic carbocycles. The van der Waals surface area contributed by atoms with Crippen molar-refractivity contribution in [3.8, 4) is 0 Å². The quantitative estimate of drug-likeness (QED) is 0.665. The topological polar surface area (TPSA) is 75.4 Å². The van der Waals surface area contributed by atoms with E-state index in [9.17, 15) is 9.59 Å². The van der Waals surface area contributed by atoms with E-state index in [1.807, 2.05) is 38.1 Å². The van der Waals surface area contributed by atoms with Gasteiger partial charge < -0.3 is 16.0 Å². The van der Waals surface area contributed by atoms with Crippen LogP contribution in [0.3, 0.4) is 0 Å². The van der Waals surface area contributed by atoms with Crippen molar-refractivity contribution < 1.29 is 9.59 Å². The van der Waals surface area contributed by atoms with Crippen LogP contribution in [0.15, 0.2) is 42.5 Å². The number of nitrogens with two attached hydrogens (primary N) is 1. The van der Waals surface area contributed by atoms with Crippen molar-refractivity contribution in [2.75, 3.05) is 24.1 Å². The van der Waals surface area contributed by atoms with Gasteiger partial charge in [0.25, 0.3) is 5.91 Å². The number of hydrogen-bond donors (Lipinski definition) is 2. The van der Waals surface area contributed by atoms with E-state index in [1.165, 1.54) is 0 Å². The van der Waals surface area contributed by atoms with Crippen molar-refractivity contribution in [2.45, 2.75) is 26.7 Å². The van der Waals surface area contributed by atoms with Crippen LogP contribution in [0.2, 0.25) is 5.02 Å². The van der Waals surface area contributed by atoms with Crippen LogP contribution in [-0.2, 0) is 11.2 Å². The predicted molar refractivity (Wildman–Crippen MR) is 114 cm³/mol. The number of carbonyl (C=O) groups excluding carboxylic acids is 2. The highest BCUT2D eigenvalue weighted by Gasteiger charge is 2.16. The highest BCUT2D eigenvalue weighted by atomic mass is 35.5.